The number of aliphatic hydroxyl groups is 1. The van der Waals surface area contributed by atoms with Gasteiger partial charge in [-0.05, 0) is 42.3 Å². The van der Waals surface area contributed by atoms with Gasteiger partial charge in [-0.1, -0.05) is 41.4 Å². The largest absolute Gasteiger partial charge is 0.385 e. The summed E-state index contributed by atoms with van der Waals surface area (Å²) >= 11 is 11.9. The molecule has 0 saturated carbocycles. The van der Waals surface area contributed by atoms with Crippen molar-refractivity contribution in [2.24, 2.45) is 0 Å². The molecule has 4 heteroatoms. The highest BCUT2D eigenvalue weighted by Crippen LogP contribution is 2.30. The summed E-state index contributed by atoms with van der Waals surface area (Å²) in [6.07, 6.45) is 0.284. The number of hydrogen-bond acceptors (Lipinski definition) is 1. The Kier molecular flexibility index (Phi) is 4.14. The molecule has 0 heterocycles. The molecular weight excluding hydrogens is 286 g/mol. The van der Waals surface area contributed by atoms with Crippen LogP contribution in [0.3, 0.4) is 0 Å². The van der Waals surface area contributed by atoms with Crippen LogP contribution >= 0.6 is 23.2 Å². The van der Waals surface area contributed by atoms with Gasteiger partial charge in [0.2, 0.25) is 0 Å². The zero-order valence-corrected chi connectivity index (χ0v) is 11.8. The molecule has 2 aromatic carbocycles. The van der Waals surface area contributed by atoms with Crippen LogP contribution in [0.25, 0.3) is 0 Å². The molecule has 0 aromatic heterocycles. The summed E-state index contributed by atoms with van der Waals surface area (Å²) in [7, 11) is 0. The minimum Gasteiger partial charge on any atom is -0.385 e. The van der Waals surface area contributed by atoms with Gasteiger partial charge in [-0.25, -0.2) is 4.39 Å². The smallest absolute Gasteiger partial charge is 0.124 e. The van der Waals surface area contributed by atoms with Crippen molar-refractivity contribution in [2.45, 2.75) is 18.9 Å². The summed E-state index contributed by atoms with van der Waals surface area (Å²) in [4.78, 5) is 0. The molecule has 2 rings (SSSR count). The van der Waals surface area contributed by atoms with Gasteiger partial charge < -0.3 is 5.11 Å². The van der Waals surface area contributed by atoms with Gasteiger partial charge in [-0.15, -0.1) is 0 Å². The second-order valence-corrected chi connectivity index (χ2v) is 5.54. The fourth-order valence-electron chi connectivity index (χ4n) is 1.96. The van der Waals surface area contributed by atoms with Gasteiger partial charge in [-0.2, -0.15) is 0 Å². The van der Waals surface area contributed by atoms with Crippen LogP contribution in [0.4, 0.5) is 4.39 Å². The van der Waals surface area contributed by atoms with Gasteiger partial charge in [0.25, 0.3) is 0 Å². The van der Waals surface area contributed by atoms with E-state index in [0.717, 1.165) is 0 Å². The Labute approximate surface area is 121 Å². The average Bonchev–Trinajstić information content (AvgIpc) is 2.33. The molecule has 0 radical (unpaired) electrons. The van der Waals surface area contributed by atoms with Crippen molar-refractivity contribution in [3.63, 3.8) is 0 Å². The average molecular weight is 299 g/mol. The van der Waals surface area contributed by atoms with Crippen molar-refractivity contribution in [1.29, 1.82) is 0 Å². The number of rotatable bonds is 3. The van der Waals surface area contributed by atoms with Gasteiger partial charge in [0.1, 0.15) is 5.82 Å². The monoisotopic (exact) mass is 298 g/mol. The Morgan fingerprint density at radius 1 is 1.16 bits per heavy atom. The molecular formula is C15H13Cl2FO. The maximum atomic E-state index is 13.0. The summed E-state index contributed by atoms with van der Waals surface area (Å²) in [5.74, 6) is -0.392. The van der Waals surface area contributed by atoms with E-state index in [9.17, 15) is 9.50 Å². The SMILES string of the molecule is CC(O)(Cc1ccc(F)cc1Cl)c1cccc(Cl)c1. The second kappa shape index (κ2) is 5.49. The molecule has 0 amide bonds. The van der Waals surface area contributed by atoms with E-state index in [1.807, 2.05) is 0 Å². The van der Waals surface area contributed by atoms with Gasteiger partial charge in [0.05, 0.1) is 5.60 Å². The van der Waals surface area contributed by atoms with Crippen LogP contribution in [0.2, 0.25) is 10.0 Å². The first-order chi connectivity index (χ1) is 8.88. The molecule has 0 saturated heterocycles. The molecule has 0 aliphatic rings. The molecule has 100 valence electrons. The third-order valence-electron chi connectivity index (χ3n) is 3.00. The van der Waals surface area contributed by atoms with Crippen LogP contribution in [-0.4, -0.2) is 5.11 Å². The van der Waals surface area contributed by atoms with E-state index in [1.165, 1.54) is 12.1 Å². The molecule has 0 spiro atoms. The molecule has 0 aliphatic heterocycles. The molecule has 19 heavy (non-hydrogen) atoms. The molecule has 2 aromatic rings. The molecule has 0 bridgehead atoms. The Balaban J connectivity index is 2.30. The summed E-state index contributed by atoms with van der Waals surface area (Å²) < 4.78 is 13.0. The Morgan fingerprint density at radius 3 is 2.53 bits per heavy atom. The number of hydrogen-bond donors (Lipinski definition) is 1. The zero-order chi connectivity index (χ0) is 14.0. The highest BCUT2D eigenvalue weighted by Gasteiger charge is 2.24. The maximum Gasteiger partial charge on any atom is 0.124 e. The van der Waals surface area contributed by atoms with Crippen LogP contribution in [0.5, 0.6) is 0 Å². The lowest BCUT2D eigenvalue weighted by Crippen LogP contribution is -2.24. The predicted octanol–water partition coefficient (Wildman–Crippen LogP) is 4.58. The molecule has 0 fully saturated rings. The Bertz CT molecular complexity index is 596. The third-order valence-corrected chi connectivity index (χ3v) is 3.58. The highest BCUT2D eigenvalue weighted by molar-refractivity contribution is 6.31. The predicted molar refractivity (Wildman–Crippen MR) is 76.1 cm³/mol. The Morgan fingerprint density at radius 2 is 1.89 bits per heavy atom. The second-order valence-electron chi connectivity index (χ2n) is 4.70. The quantitative estimate of drug-likeness (QED) is 0.879. The van der Waals surface area contributed by atoms with E-state index in [1.54, 1.807) is 37.3 Å². The molecule has 1 atom stereocenters. The summed E-state index contributed by atoms with van der Waals surface area (Å²) in [6, 6.07) is 11.2. The van der Waals surface area contributed by atoms with Crippen LogP contribution < -0.4 is 0 Å². The van der Waals surface area contributed by atoms with Crippen molar-refractivity contribution >= 4 is 23.2 Å². The van der Waals surface area contributed by atoms with E-state index >= 15 is 0 Å². The topological polar surface area (TPSA) is 20.2 Å². The number of benzene rings is 2. The summed E-state index contributed by atoms with van der Waals surface area (Å²) in [6.45, 7) is 1.68. The van der Waals surface area contributed by atoms with Crippen molar-refractivity contribution in [3.8, 4) is 0 Å². The third kappa shape index (κ3) is 3.47. The first-order valence-electron chi connectivity index (χ1n) is 5.81. The lowest BCUT2D eigenvalue weighted by atomic mass is 9.89. The van der Waals surface area contributed by atoms with E-state index in [4.69, 9.17) is 23.2 Å². The van der Waals surface area contributed by atoms with Crippen LogP contribution in [-0.2, 0) is 12.0 Å². The first kappa shape index (κ1) is 14.3. The van der Waals surface area contributed by atoms with Gasteiger partial charge >= 0.3 is 0 Å². The lowest BCUT2D eigenvalue weighted by Gasteiger charge is -2.24. The fraction of sp³-hybridized carbons (Fsp3) is 0.200. The van der Waals surface area contributed by atoms with Gasteiger partial charge in [-0.3, -0.25) is 0 Å². The van der Waals surface area contributed by atoms with Crippen LogP contribution in [0.15, 0.2) is 42.5 Å². The van der Waals surface area contributed by atoms with Gasteiger partial charge in [0, 0.05) is 16.5 Å². The normalized spacial score (nSPS) is 14.2. The van der Waals surface area contributed by atoms with Crippen LogP contribution in [0, 0.1) is 5.82 Å². The zero-order valence-electron chi connectivity index (χ0n) is 10.3. The van der Waals surface area contributed by atoms with Crippen molar-refractivity contribution in [2.75, 3.05) is 0 Å². The van der Waals surface area contributed by atoms with Crippen molar-refractivity contribution in [3.05, 3.63) is 69.5 Å². The lowest BCUT2D eigenvalue weighted by molar-refractivity contribution is 0.0576. The summed E-state index contributed by atoms with van der Waals surface area (Å²) in [5, 5.41) is 11.4. The maximum absolute atomic E-state index is 13.0. The van der Waals surface area contributed by atoms with Crippen molar-refractivity contribution in [1.82, 2.24) is 0 Å². The molecule has 1 unspecified atom stereocenters. The number of halogens is 3. The van der Waals surface area contributed by atoms with E-state index in [2.05, 4.69) is 0 Å². The minimum atomic E-state index is -1.12. The standard InChI is InChI=1S/C15H13Cl2FO/c1-15(19,11-3-2-4-12(16)7-11)9-10-5-6-13(18)8-14(10)17/h2-8,19H,9H2,1H3. The molecule has 1 N–H and O–H groups in total. The van der Waals surface area contributed by atoms with E-state index in [0.29, 0.717) is 21.2 Å². The fourth-order valence-corrected chi connectivity index (χ4v) is 2.39. The van der Waals surface area contributed by atoms with Crippen LogP contribution in [0.1, 0.15) is 18.1 Å². The van der Waals surface area contributed by atoms with Crippen molar-refractivity contribution < 1.29 is 9.50 Å². The molecule has 1 nitrogen and oxygen atoms in total. The van der Waals surface area contributed by atoms with E-state index in [-0.39, 0.29) is 6.42 Å². The molecule has 0 aliphatic carbocycles. The minimum absolute atomic E-state index is 0.284. The highest BCUT2D eigenvalue weighted by atomic mass is 35.5. The summed E-state index contributed by atoms with van der Waals surface area (Å²) in [5.41, 5.74) is 0.264. The van der Waals surface area contributed by atoms with E-state index < -0.39 is 11.4 Å². The first-order valence-corrected chi connectivity index (χ1v) is 6.56. The Hall–Kier alpha value is -1.09. The van der Waals surface area contributed by atoms with Gasteiger partial charge in [0.15, 0.2) is 0 Å².